The van der Waals surface area contributed by atoms with Gasteiger partial charge in [0.2, 0.25) is 5.89 Å². The maximum absolute atomic E-state index is 12.0. The van der Waals surface area contributed by atoms with E-state index < -0.39 is 12.0 Å². The molecule has 0 fully saturated rings. The summed E-state index contributed by atoms with van der Waals surface area (Å²) in [7, 11) is 0. The van der Waals surface area contributed by atoms with Crippen LogP contribution in [-0.4, -0.2) is 51.3 Å². The van der Waals surface area contributed by atoms with Gasteiger partial charge in [-0.25, -0.2) is 4.79 Å². The molecule has 1 unspecified atom stereocenters. The fraction of sp³-hybridized carbons (Fsp3) is 0.667. The lowest BCUT2D eigenvalue weighted by atomic mass is 10.2. The van der Waals surface area contributed by atoms with Crippen LogP contribution in [0.15, 0.2) is 4.52 Å². The Hall–Kier alpha value is -2.12. The van der Waals surface area contributed by atoms with Crippen LogP contribution in [0.1, 0.15) is 32.0 Å². The molecule has 20 heavy (non-hydrogen) atoms. The number of aryl methyl sites for hydroxylation is 1. The van der Waals surface area contributed by atoms with E-state index in [1.165, 1.54) is 4.90 Å². The van der Waals surface area contributed by atoms with Gasteiger partial charge in [-0.1, -0.05) is 12.1 Å². The zero-order valence-electron chi connectivity index (χ0n) is 11.9. The number of rotatable bonds is 7. The SMILES string of the molecule is CCC(C)N(CC(=O)O)C(=O)NCCc1noc(C)n1. The molecule has 0 radical (unpaired) electrons. The van der Waals surface area contributed by atoms with Crippen molar-refractivity contribution in [1.29, 1.82) is 0 Å². The number of carbonyl (C=O) groups is 2. The smallest absolute Gasteiger partial charge is 0.323 e. The summed E-state index contributed by atoms with van der Waals surface area (Å²) >= 11 is 0. The first-order valence-corrected chi connectivity index (χ1v) is 6.49. The number of aromatic nitrogens is 2. The number of nitrogens with zero attached hydrogens (tertiary/aromatic N) is 3. The number of carbonyl (C=O) groups excluding carboxylic acids is 1. The number of hydrogen-bond donors (Lipinski definition) is 2. The molecule has 112 valence electrons. The Morgan fingerprint density at radius 1 is 1.50 bits per heavy atom. The van der Waals surface area contributed by atoms with Crippen molar-refractivity contribution in [2.75, 3.05) is 13.1 Å². The van der Waals surface area contributed by atoms with E-state index in [0.717, 1.165) is 0 Å². The van der Waals surface area contributed by atoms with Gasteiger partial charge in [-0.3, -0.25) is 4.79 Å². The van der Waals surface area contributed by atoms with E-state index in [0.29, 0.717) is 31.1 Å². The molecule has 0 aliphatic carbocycles. The summed E-state index contributed by atoms with van der Waals surface area (Å²) in [5.41, 5.74) is 0. The van der Waals surface area contributed by atoms with E-state index in [4.69, 9.17) is 9.63 Å². The molecule has 2 amide bonds. The number of nitrogens with one attached hydrogen (secondary N) is 1. The molecule has 1 heterocycles. The zero-order valence-corrected chi connectivity index (χ0v) is 11.9. The van der Waals surface area contributed by atoms with Crippen LogP contribution in [0.5, 0.6) is 0 Å². The van der Waals surface area contributed by atoms with Gasteiger partial charge in [-0.15, -0.1) is 0 Å². The largest absolute Gasteiger partial charge is 0.480 e. The first-order chi connectivity index (χ1) is 9.43. The number of hydrogen-bond acceptors (Lipinski definition) is 5. The number of carboxylic acid groups (broad SMARTS) is 1. The molecule has 2 N–H and O–H groups in total. The highest BCUT2D eigenvalue weighted by Gasteiger charge is 2.21. The lowest BCUT2D eigenvalue weighted by Crippen LogP contribution is -2.47. The van der Waals surface area contributed by atoms with Gasteiger partial charge in [0.25, 0.3) is 0 Å². The zero-order chi connectivity index (χ0) is 15.1. The van der Waals surface area contributed by atoms with E-state index in [2.05, 4.69) is 15.5 Å². The summed E-state index contributed by atoms with van der Waals surface area (Å²) in [6, 6.07) is -0.541. The summed E-state index contributed by atoms with van der Waals surface area (Å²) in [6.45, 7) is 5.40. The molecule has 1 rings (SSSR count). The van der Waals surface area contributed by atoms with Gasteiger partial charge in [0.05, 0.1) is 0 Å². The minimum Gasteiger partial charge on any atom is -0.480 e. The van der Waals surface area contributed by atoms with E-state index >= 15 is 0 Å². The quantitative estimate of drug-likeness (QED) is 0.767. The fourth-order valence-electron chi connectivity index (χ4n) is 1.62. The third kappa shape index (κ3) is 4.87. The Morgan fingerprint density at radius 3 is 2.70 bits per heavy atom. The molecule has 1 atom stereocenters. The monoisotopic (exact) mass is 284 g/mol. The van der Waals surface area contributed by atoms with Crippen molar-refractivity contribution in [3.05, 3.63) is 11.7 Å². The normalized spacial score (nSPS) is 11.9. The Morgan fingerprint density at radius 2 is 2.20 bits per heavy atom. The van der Waals surface area contributed by atoms with Crippen LogP contribution in [-0.2, 0) is 11.2 Å². The first kappa shape index (κ1) is 15.9. The van der Waals surface area contributed by atoms with Gasteiger partial charge in [0.15, 0.2) is 5.82 Å². The van der Waals surface area contributed by atoms with Crippen molar-refractivity contribution in [3.63, 3.8) is 0 Å². The van der Waals surface area contributed by atoms with Crippen molar-refractivity contribution in [1.82, 2.24) is 20.4 Å². The molecule has 0 aromatic carbocycles. The number of aliphatic carboxylic acids is 1. The molecule has 1 aromatic rings. The highest BCUT2D eigenvalue weighted by Crippen LogP contribution is 2.04. The summed E-state index contributed by atoms with van der Waals surface area (Å²) in [5, 5.41) is 15.2. The molecule has 0 spiro atoms. The predicted octanol–water partition coefficient (Wildman–Crippen LogP) is 0.815. The van der Waals surface area contributed by atoms with Gasteiger partial charge in [-0.05, 0) is 13.3 Å². The van der Waals surface area contributed by atoms with Crippen LogP contribution in [0, 0.1) is 6.92 Å². The fourth-order valence-corrected chi connectivity index (χ4v) is 1.62. The van der Waals surface area contributed by atoms with Crippen molar-refractivity contribution < 1.29 is 19.2 Å². The molecule has 0 bridgehead atoms. The van der Waals surface area contributed by atoms with Gasteiger partial charge < -0.3 is 19.8 Å². The Kier molecular flexibility index (Phi) is 5.95. The predicted molar refractivity (Wildman–Crippen MR) is 70.2 cm³/mol. The second kappa shape index (κ2) is 7.46. The third-order valence-corrected chi connectivity index (χ3v) is 2.88. The Balaban J connectivity index is 2.47. The minimum absolute atomic E-state index is 0.140. The van der Waals surface area contributed by atoms with Gasteiger partial charge in [0, 0.05) is 25.9 Å². The van der Waals surface area contributed by atoms with E-state index in [1.54, 1.807) is 6.92 Å². The maximum atomic E-state index is 12.0. The van der Waals surface area contributed by atoms with Crippen molar-refractivity contribution >= 4 is 12.0 Å². The second-order valence-corrected chi connectivity index (χ2v) is 4.49. The molecule has 8 nitrogen and oxygen atoms in total. The van der Waals surface area contributed by atoms with E-state index in [-0.39, 0.29) is 12.6 Å². The minimum atomic E-state index is -1.03. The lowest BCUT2D eigenvalue weighted by molar-refractivity contribution is -0.138. The first-order valence-electron chi connectivity index (χ1n) is 6.49. The van der Waals surface area contributed by atoms with Crippen LogP contribution in [0.25, 0.3) is 0 Å². The number of amides is 2. The average Bonchev–Trinajstić information content (AvgIpc) is 2.80. The van der Waals surface area contributed by atoms with Gasteiger partial charge in [-0.2, -0.15) is 4.98 Å². The van der Waals surface area contributed by atoms with Crippen LogP contribution < -0.4 is 5.32 Å². The lowest BCUT2D eigenvalue weighted by Gasteiger charge is -2.26. The molecular weight excluding hydrogens is 264 g/mol. The van der Waals surface area contributed by atoms with Crippen LogP contribution in [0.4, 0.5) is 4.79 Å². The molecule has 0 saturated heterocycles. The number of carboxylic acids is 1. The third-order valence-electron chi connectivity index (χ3n) is 2.88. The Labute approximate surface area is 117 Å². The summed E-state index contributed by atoms with van der Waals surface area (Å²) in [6.07, 6.45) is 1.12. The molecule has 8 heteroatoms. The molecule has 1 aromatic heterocycles. The standard InChI is InChI=1S/C12H20N4O4/c1-4-8(2)16(7-11(17)18)12(19)13-6-5-10-14-9(3)20-15-10/h8H,4-7H2,1-3H3,(H,13,19)(H,17,18). The second-order valence-electron chi connectivity index (χ2n) is 4.49. The number of urea groups is 1. The van der Waals surface area contributed by atoms with Gasteiger partial charge in [0.1, 0.15) is 6.54 Å². The topological polar surface area (TPSA) is 109 Å². The van der Waals surface area contributed by atoms with Crippen LogP contribution in [0.2, 0.25) is 0 Å². The van der Waals surface area contributed by atoms with Crippen LogP contribution >= 0.6 is 0 Å². The molecule has 0 aliphatic heterocycles. The summed E-state index contributed by atoms with van der Waals surface area (Å²) < 4.78 is 4.82. The Bertz CT molecular complexity index is 460. The van der Waals surface area contributed by atoms with E-state index in [1.807, 2.05) is 13.8 Å². The van der Waals surface area contributed by atoms with Gasteiger partial charge >= 0.3 is 12.0 Å². The van der Waals surface area contributed by atoms with Crippen molar-refractivity contribution in [2.45, 2.75) is 39.7 Å². The molecule has 0 aliphatic rings. The van der Waals surface area contributed by atoms with E-state index in [9.17, 15) is 9.59 Å². The summed E-state index contributed by atoms with van der Waals surface area (Å²) in [5.74, 6) is -0.0520. The van der Waals surface area contributed by atoms with Crippen LogP contribution in [0.3, 0.4) is 0 Å². The van der Waals surface area contributed by atoms with Crippen molar-refractivity contribution in [2.24, 2.45) is 0 Å². The molecular formula is C12H20N4O4. The maximum Gasteiger partial charge on any atom is 0.323 e. The average molecular weight is 284 g/mol. The summed E-state index contributed by atoms with van der Waals surface area (Å²) in [4.78, 5) is 28.1. The molecule has 0 saturated carbocycles. The highest BCUT2D eigenvalue weighted by atomic mass is 16.5. The highest BCUT2D eigenvalue weighted by molar-refractivity contribution is 5.80. The van der Waals surface area contributed by atoms with Crippen molar-refractivity contribution in [3.8, 4) is 0 Å².